The minimum absolute atomic E-state index is 0.0137. The summed E-state index contributed by atoms with van der Waals surface area (Å²) in [5.41, 5.74) is 0.594. The lowest BCUT2D eigenvalue weighted by Crippen LogP contribution is -2.39. The number of carbonyl (C=O) groups excluding carboxylic acids is 1. The van der Waals surface area contributed by atoms with Crippen molar-refractivity contribution in [1.82, 2.24) is 19.7 Å². The molecule has 1 aromatic heterocycles. The molecule has 0 spiro atoms. The highest BCUT2D eigenvalue weighted by Crippen LogP contribution is 2.28. The topological polar surface area (TPSA) is 51.0 Å². The van der Waals surface area contributed by atoms with E-state index < -0.39 is 6.43 Å². The Balaban J connectivity index is 1.58. The molecule has 7 heteroatoms. The van der Waals surface area contributed by atoms with Crippen LogP contribution in [0.4, 0.5) is 8.78 Å². The molecule has 0 unspecified atom stereocenters. The molecule has 3 rings (SSSR count). The maximum absolute atomic E-state index is 12.8. The van der Waals surface area contributed by atoms with Crippen molar-refractivity contribution in [3.63, 3.8) is 0 Å². The van der Waals surface area contributed by atoms with Crippen molar-refractivity contribution in [2.75, 3.05) is 13.1 Å². The molecule has 0 bridgehead atoms. The largest absolute Gasteiger partial charge is 0.342 e. The lowest BCUT2D eigenvalue weighted by Gasteiger charge is -2.32. The summed E-state index contributed by atoms with van der Waals surface area (Å²) >= 11 is 0. The molecular weight excluding hydrogens is 338 g/mol. The van der Waals surface area contributed by atoms with Gasteiger partial charge in [0.15, 0.2) is 0 Å². The first-order valence-corrected chi connectivity index (χ1v) is 9.00. The van der Waals surface area contributed by atoms with Crippen LogP contribution in [0.5, 0.6) is 0 Å². The zero-order chi connectivity index (χ0) is 18.7. The van der Waals surface area contributed by atoms with Crippen molar-refractivity contribution in [1.29, 1.82) is 0 Å². The Morgan fingerprint density at radius 1 is 1.27 bits per heavy atom. The van der Waals surface area contributed by atoms with Gasteiger partial charge < -0.3 is 9.47 Å². The number of hydrogen-bond acceptors (Lipinski definition) is 3. The number of rotatable bonds is 5. The summed E-state index contributed by atoms with van der Waals surface area (Å²) in [5, 5.41) is 8.29. The maximum Gasteiger partial charge on any atom is 0.263 e. The van der Waals surface area contributed by atoms with Crippen LogP contribution in [0.15, 0.2) is 30.6 Å². The quantitative estimate of drug-likeness (QED) is 0.814. The van der Waals surface area contributed by atoms with Crippen molar-refractivity contribution in [3.05, 3.63) is 47.5 Å². The van der Waals surface area contributed by atoms with E-state index >= 15 is 0 Å². The maximum atomic E-state index is 12.8. The first kappa shape index (κ1) is 18.5. The predicted octanol–water partition coefficient (Wildman–Crippen LogP) is 3.75. The van der Waals surface area contributed by atoms with Crippen LogP contribution in [0, 0.1) is 0 Å². The number of alkyl halides is 2. The molecule has 2 aromatic rings. The molecule has 0 radical (unpaired) electrons. The van der Waals surface area contributed by atoms with Gasteiger partial charge in [0, 0.05) is 30.6 Å². The summed E-state index contributed by atoms with van der Waals surface area (Å²) in [6.45, 7) is 5.50. The smallest absolute Gasteiger partial charge is 0.263 e. The summed E-state index contributed by atoms with van der Waals surface area (Å²) in [6.07, 6.45) is 1.09. The second-order valence-corrected chi connectivity index (χ2v) is 7.07. The van der Waals surface area contributed by atoms with Crippen LogP contribution < -0.4 is 0 Å². The molecule has 0 atom stereocenters. The highest BCUT2D eigenvalue weighted by atomic mass is 19.3. The van der Waals surface area contributed by atoms with Crippen LogP contribution >= 0.6 is 0 Å². The fraction of sp³-hybridized carbons (Fsp3) is 0.526. The third-order valence-electron chi connectivity index (χ3n) is 4.93. The molecule has 1 saturated heterocycles. The molecule has 1 aliphatic heterocycles. The van der Waals surface area contributed by atoms with Crippen molar-refractivity contribution in [3.8, 4) is 0 Å². The van der Waals surface area contributed by atoms with Gasteiger partial charge in [-0.2, -0.15) is 0 Å². The number of benzene rings is 1. The molecule has 0 saturated carbocycles. The molecule has 1 aromatic carbocycles. The first-order chi connectivity index (χ1) is 12.5. The van der Waals surface area contributed by atoms with Gasteiger partial charge in [0.05, 0.1) is 6.42 Å². The second-order valence-electron chi connectivity index (χ2n) is 7.07. The Kier molecular flexibility index (Phi) is 5.64. The predicted molar refractivity (Wildman–Crippen MR) is 94.1 cm³/mol. The van der Waals surface area contributed by atoms with Gasteiger partial charge in [0.25, 0.3) is 6.43 Å². The summed E-state index contributed by atoms with van der Waals surface area (Å²) in [4.78, 5) is 14.3. The van der Waals surface area contributed by atoms with Gasteiger partial charge in [-0.25, -0.2) is 8.78 Å². The van der Waals surface area contributed by atoms with Crippen molar-refractivity contribution < 1.29 is 13.6 Å². The fourth-order valence-corrected chi connectivity index (χ4v) is 3.45. The minimum Gasteiger partial charge on any atom is -0.342 e. The van der Waals surface area contributed by atoms with Crippen molar-refractivity contribution in [2.45, 2.75) is 51.5 Å². The van der Waals surface area contributed by atoms with Gasteiger partial charge in [-0.05, 0) is 38.3 Å². The summed E-state index contributed by atoms with van der Waals surface area (Å²) in [6, 6.07) is 6.41. The van der Waals surface area contributed by atoms with Gasteiger partial charge in [-0.1, -0.05) is 18.2 Å². The third kappa shape index (κ3) is 4.08. The lowest BCUT2D eigenvalue weighted by molar-refractivity contribution is -0.131. The van der Waals surface area contributed by atoms with Crippen LogP contribution in [0.2, 0.25) is 0 Å². The number of piperidine rings is 1. The molecule has 26 heavy (non-hydrogen) atoms. The van der Waals surface area contributed by atoms with Gasteiger partial charge in [-0.15, -0.1) is 10.2 Å². The van der Waals surface area contributed by atoms with Crippen LogP contribution in [0.1, 0.15) is 62.0 Å². The average molecular weight is 362 g/mol. The van der Waals surface area contributed by atoms with Gasteiger partial charge in [-0.3, -0.25) is 4.79 Å². The zero-order valence-electron chi connectivity index (χ0n) is 15.1. The van der Waals surface area contributed by atoms with Crippen LogP contribution in [-0.4, -0.2) is 38.7 Å². The number of halogens is 2. The Bertz CT molecular complexity index is 752. The van der Waals surface area contributed by atoms with Crippen molar-refractivity contribution >= 4 is 5.91 Å². The molecule has 2 heterocycles. The zero-order valence-corrected chi connectivity index (χ0v) is 15.1. The third-order valence-corrected chi connectivity index (χ3v) is 4.93. The second kappa shape index (κ2) is 7.93. The summed E-state index contributed by atoms with van der Waals surface area (Å²) < 4.78 is 27.7. The van der Waals surface area contributed by atoms with Crippen molar-refractivity contribution in [2.24, 2.45) is 0 Å². The van der Waals surface area contributed by atoms with Gasteiger partial charge in [0.2, 0.25) is 5.91 Å². The molecule has 5 nitrogen and oxygen atoms in total. The standard InChI is InChI=1S/C19H24F2N4O/c1-13(2)25-12-22-23-19(25)15-6-8-24(9-7-15)17(26)11-14-4-3-5-16(10-14)18(20)21/h3-5,10,12-13,15,18H,6-9,11H2,1-2H3. The fourth-order valence-electron chi connectivity index (χ4n) is 3.45. The van der Waals surface area contributed by atoms with E-state index in [0.717, 1.165) is 18.7 Å². The molecule has 1 amide bonds. The Hall–Kier alpha value is -2.31. The highest BCUT2D eigenvalue weighted by Gasteiger charge is 2.27. The first-order valence-electron chi connectivity index (χ1n) is 9.00. The number of carbonyl (C=O) groups is 1. The normalized spacial score (nSPS) is 15.8. The number of amides is 1. The van der Waals surface area contributed by atoms with E-state index in [4.69, 9.17) is 0 Å². The number of hydrogen-bond donors (Lipinski definition) is 0. The molecular formula is C19H24F2N4O. The number of aromatic nitrogens is 3. The van der Waals surface area contributed by atoms with Crippen LogP contribution in [-0.2, 0) is 11.2 Å². The molecule has 0 N–H and O–H groups in total. The van der Waals surface area contributed by atoms with Gasteiger partial charge >= 0.3 is 0 Å². The van der Waals surface area contributed by atoms with E-state index in [1.165, 1.54) is 12.1 Å². The monoisotopic (exact) mass is 362 g/mol. The SMILES string of the molecule is CC(C)n1cnnc1C1CCN(C(=O)Cc2cccc(C(F)F)c2)CC1. The summed E-state index contributed by atoms with van der Waals surface area (Å²) in [5.74, 6) is 1.27. The molecule has 1 aliphatic rings. The van der Waals surface area contributed by atoms with Crippen LogP contribution in [0.3, 0.4) is 0 Å². The number of nitrogens with zero attached hydrogens (tertiary/aromatic N) is 4. The summed E-state index contributed by atoms with van der Waals surface area (Å²) in [7, 11) is 0. The van der Waals surface area contributed by atoms with E-state index in [0.29, 0.717) is 30.6 Å². The van der Waals surface area contributed by atoms with E-state index in [1.54, 1.807) is 18.5 Å². The van der Waals surface area contributed by atoms with E-state index in [2.05, 4.69) is 28.6 Å². The van der Waals surface area contributed by atoms with Crippen LogP contribution in [0.25, 0.3) is 0 Å². The Morgan fingerprint density at radius 2 is 2.00 bits per heavy atom. The number of likely N-dealkylation sites (tertiary alicyclic amines) is 1. The Labute approximate surface area is 152 Å². The minimum atomic E-state index is -2.51. The lowest BCUT2D eigenvalue weighted by atomic mass is 9.95. The molecule has 0 aliphatic carbocycles. The highest BCUT2D eigenvalue weighted by molar-refractivity contribution is 5.79. The van der Waals surface area contributed by atoms with E-state index in [1.807, 2.05) is 4.90 Å². The van der Waals surface area contributed by atoms with E-state index in [-0.39, 0.29) is 17.9 Å². The molecule has 1 fully saturated rings. The van der Waals surface area contributed by atoms with E-state index in [9.17, 15) is 13.6 Å². The Morgan fingerprint density at radius 3 is 2.65 bits per heavy atom. The van der Waals surface area contributed by atoms with Gasteiger partial charge in [0.1, 0.15) is 12.2 Å². The average Bonchev–Trinajstić information content (AvgIpc) is 3.12. The molecule has 140 valence electrons.